The zero-order chi connectivity index (χ0) is 25.4. The number of amides is 3. The normalized spacial score (nSPS) is 15.4. The first-order valence-electron chi connectivity index (χ1n) is 11.6. The molecule has 2 atom stereocenters. The van der Waals surface area contributed by atoms with Gasteiger partial charge in [-0.05, 0) is 49.4 Å². The Hall–Kier alpha value is -3.40. The fraction of sp³-hybridized carbons (Fsp3) is 0.400. The lowest BCUT2D eigenvalue weighted by Gasteiger charge is -2.21. The van der Waals surface area contributed by atoms with Crippen LogP contribution in [0.4, 0.5) is 18.9 Å². The summed E-state index contributed by atoms with van der Waals surface area (Å²) in [6.45, 7) is 1.32. The first-order valence-corrected chi connectivity index (χ1v) is 11.6. The highest BCUT2D eigenvalue weighted by Gasteiger charge is 2.32. The maximum atomic E-state index is 13.0. The molecule has 3 amide bonds. The molecule has 1 aliphatic rings. The van der Waals surface area contributed by atoms with Gasteiger partial charge in [-0.2, -0.15) is 13.2 Å². The van der Waals surface area contributed by atoms with Gasteiger partial charge in [-0.3, -0.25) is 14.4 Å². The fourth-order valence-electron chi connectivity index (χ4n) is 3.92. The molecular weight excluding hydrogens is 461 g/mol. The molecule has 1 aliphatic heterocycles. The topological polar surface area (TPSA) is 106 Å². The standard InChI is InChI=1S/C25H29F3N4O3/c26-25(27,28)18-9-6-10-19(15-18)30-24(35)21(12-11-17-7-2-1-3-8-17)31-23(34)20(29)16-22(33)32-13-4-5-14-32/h1-3,6-10,15,20-21H,4-5,11-14,16,29H2,(H,30,35)(H,31,34)/p+1/t20-,21-/m0/s1. The van der Waals surface area contributed by atoms with E-state index in [2.05, 4.69) is 16.4 Å². The Bertz CT molecular complexity index is 1020. The van der Waals surface area contributed by atoms with Crippen molar-refractivity contribution >= 4 is 23.4 Å². The second-order valence-electron chi connectivity index (χ2n) is 8.64. The van der Waals surface area contributed by atoms with Crippen molar-refractivity contribution in [3.63, 3.8) is 0 Å². The maximum Gasteiger partial charge on any atom is 0.416 e. The number of hydrogen-bond acceptors (Lipinski definition) is 3. The number of nitrogens with one attached hydrogen (secondary N) is 2. The molecule has 35 heavy (non-hydrogen) atoms. The number of benzene rings is 2. The molecule has 3 rings (SSSR count). The number of aryl methyl sites for hydroxylation is 1. The predicted molar refractivity (Wildman–Crippen MR) is 124 cm³/mol. The van der Waals surface area contributed by atoms with Crippen LogP contribution in [0.25, 0.3) is 0 Å². The zero-order valence-electron chi connectivity index (χ0n) is 19.3. The fourth-order valence-corrected chi connectivity index (χ4v) is 3.92. The predicted octanol–water partition coefficient (Wildman–Crippen LogP) is 2.38. The third-order valence-corrected chi connectivity index (χ3v) is 5.91. The van der Waals surface area contributed by atoms with Crippen LogP contribution in [0.1, 0.15) is 36.8 Å². The van der Waals surface area contributed by atoms with Gasteiger partial charge in [0.2, 0.25) is 11.8 Å². The van der Waals surface area contributed by atoms with Crippen molar-refractivity contribution in [3.8, 4) is 0 Å². The van der Waals surface area contributed by atoms with E-state index in [0.29, 0.717) is 19.5 Å². The van der Waals surface area contributed by atoms with Crippen molar-refractivity contribution < 1.29 is 33.3 Å². The van der Waals surface area contributed by atoms with E-state index in [1.807, 2.05) is 30.3 Å². The Balaban J connectivity index is 1.68. The summed E-state index contributed by atoms with van der Waals surface area (Å²) in [4.78, 5) is 39.8. The van der Waals surface area contributed by atoms with E-state index in [9.17, 15) is 27.6 Å². The molecule has 5 N–H and O–H groups in total. The van der Waals surface area contributed by atoms with E-state index in [1.54, 1.807) is 4.90 Å². The quantitative estimate of drug-likeness (QED) is 0.502. The highest BCUT2D eigenvalue weighted by atomic mass is 19.4. The van der Waals surface area contributed by atoms with E-state index < -0.39 is 35.6 Å². The van der Waals surface area contributed by atoms with Crippen LogP contribution in [0.5, 0.6) is 0 Å². The Morgan fingerprint density at radius 1 is 0.971 bits per heavy atom. The Morgan fingerprint density at radius 2 is 1.66 bits per heavy atom. The summed E-state index contributed by atoms with van der Waals surface area (Å²) in [5.74, 6) is -1.37. The molecule has 0 spiro atoms. The van der Waals surface area contributed by atoms with Crippen LogP contribution < -0.4 is 16.4 Å². The Morgan fingerprint density at radius 3 is 2.31 bits per heavy atom. The number of rotatable bonds is 9. The number of hydrogen-bond donors (Lipinski definition) is 3. The number of likely N-dealkylation sites (tertiary alicyclic amines) is 1. The molecule has 0 unspecified atom stereocenters. The number of carbonyl (C=O) groups excluding carboxylic acids is 3. The van der Waals surface area contributed by atoms with Crippen molar-refractivity contribution in [2.45, 2.75) is 50.4 Å². The minimum absolute atomic E-state index is 0.0285. The van der Waals surface area contributed by atoms with E-state index in [-0.39, 0.29) is 24.4 Å². The molecule has 0 bridgehead atoms. The van der Waals surface area contributed by atoms with Crippen molar-refractivity contribution in [1.29, 1.82) is 0 Å². The van der Waals surface area contributed by atoms with Gasteiger partial charge in [-0.15, -0.1) is 0 Å². The van der Waals surface area contributed by atoms with E-state index in [0.717, 1.165) is 30.5 Å². The summed E-state index contributed by atoms with van der Waals surface area (Å²) < 4.78 is 39.1. The van der Waals surface area contributed by atoms with Crippen LogP contribution in [-0.4, -0.2) is 47.8 Å². The van der Waals surface area contributed by atoms with Gasteiger partial charge in [0.1, 0.15) is 6.04 Å². The molecule has 0 aliphatic carbocycles. The molecular formula is C25H30F3N4O3+. The number of anilines is 1. The summed E-state index contributed by atoms with van der Waals surface area (Å²) in [5.41, 5.74) is 3.81. The second-order valence-corrected chi connectivity index (χ2v) is 8.64. The summed E-state index contributed by atoms with van der Waals surface area (Å²) in [6.07, 6.45) is -2.10. The molecule has 7 nitrogen and oxygen atoms in total. The molecule has 1 saturated heterocycles. The van der Waals surface area contributed by atoms with E-state index in [4.69, 9.17) is 0 Å². The second kappa shape index (κ2) is 11.8. The SMILES string of the molecule is [NH3+][C@@H](CC(=O)N1CCCC1)C(=O)N[C@@H](CCc1ccccc1)C(=O)Nc1cccc(C(F)(F)F)c1. The number of quaternary nitrogens is 1. The van der Waals surface area contributed by atoms with Gasteiger partial charge < -0.3 is 21.3 Å². The summed E-state index contributed by atoms with van der Waals surface area (Å²) in [5, 5.41) is 5.11. The zero-order valence-corrected chi connectivity index (χ0v) is 19.3. The van der Waals surface area contributed by atoms with Gasteiger partial charge >= 0.3 is 6.18 Å². The Kier molecular flexibility index (Phi) is 8.86. The molecule has 1 heterocycles. The molecule has 0 saturated carbocycles. The van der Waals surface area contributed by atoms with Crippen LogP contribution in [0.2, 0.25) is 0 Å². The third-order valence-electron chi connectivity index (χ3n) is 5.91. The van der Waals surface area contributed by atoms with Gasteiger partial charge in [-0.25, -0.2) is 0 Å². The minimum Gasteiger partial charge on any atom is -0.347 e. The van der Waals surface area contributed by atoms with E-state index >= 15 is 0 Å². The summed E-state index contributed by atoms with van der Waals surface area (Å²) >= 11 is 0. The lowest BCUT2D eigenvalue weighted by Crippen LogP contribution is -2.69. The van der Waals surface area contributed by atoms with Crippen molar-refractivity contribution in [3.05, 3.63) is 65.7 Å². The average molecular weight is 492 g/mol. The lowest BCUT2D eigenvalue weighted by atomic mass is 10.0. The van der Waals surface area contributed by atoms with Gasteiger partial charge in [0, 0.05) is 18.8 Å². The molecule has 188 valence electrons. The van der Waals surface area contributed by atoms with Crippen LogP contribution in [0, 0.1) is 0 Å². The largest absolute Gasteiger partial charge is 0.416 e. The molecule has 10 heteroatoms. The number of halogens is 3. The smallest absolute Gasteiger partial charge is 0.347 e. The molecule has 0 radical (unpaired) electrons. The van der Waals surface area contributed by atoms with Crippen molar-refractivity contribution in [2.75, 3.05) is 18.4 Å². The highest BCUT2D eigenvalue weighted by molar-refractivity contribution is 5.98. The van der Waals surface area contributed by atoms with E-state index in [1.165, 1.54) is 12.1 Å². The maximum absolute atomic E-state index is 13.0. The van der Waals surface area contributed by atoms with Crippen LogP contribution >= 0.6 is 0 Å². The number of carbonyl (C=O) groups is 3. The highest BCUT2D eigenvalue weighted by Crippen LogP contribution is 2.30. The summed E-state index contributed by atoms with van der Waals surface area (Å²) in [6, 6.07) is 11.7. The van der Waals surface area contributed by atoms with Crippen LogP contribution in [0.15, 0.2) is 54.6 Å². The van der Waals surface area contributed by atoms with Crippen molar-refractivity contribution in [2.24, 2.45) is 0 Å². The van der Waals surface area contributed by atoms with Crippen LogP contribution in [-0.2, 0) is 27.0 Å². The molecule has 1 fully saturated rings. The van der Waals surface area contributed by atoms with Gasteiger partial charge in [0.15, 0.2) is 6.04 Å². The minimum atomic E-state index is -4.55. The third kappa shape index (κ3) is 7.81. The molecule has 2 aromatic rings. The lowest BCUT2D eigenvalue weighted by molar-refractivity contribution is -0.403. The average Bonchev–Trinajstić information content (AvgIpc) is 3.37. The van der Waals surface area contributed by atoms with Gasteiger partial charge in [0.25, 0.3) is 5.91 Å². The molecule has 2 aromatic carbocycles. The first-order chi connectivity index (χ1) is 16.6. The monoisotopic (exact) mass is 491 g/mol. The summed E-state index contributed by atoms with van der Waals surface area (Å²) in [7, 11) is 0. The van der Waals surface area contributed by atoms with Crippen molar-refractivity contribution in [1.82, 2.24) is 10.2 Å². The molecule has 0 aromatic heterocycles. The number of alkyl halides is 3. The first kappa shape index (κ1) is 26.2. The van der Waals surface area contributed by atoms with Crippen LogP contribution in [0.3, 0.4) is 0 Å². The number of nitrogens with zero attached hydrogens (tertiary/aromatic N) is 1. The van der Waals surface area contributed by atoms with Gasteiger partial charge in [-0.1, -0.05) is 36.4 Å². The van der Waals surface area contributed by atoms with Gasteiger partial charge in [0.05, 0.1) is 12.0 Å². The Labute approximate surface area is 201 Å².